The van der Waals surface area contributed by atoms with E-state index < -0.39 is 10.0 Å². The third kappa shape index (κ3) is 5.30. The molecule has 0 aliphatic carbocycles. The van der Waals surface area contributed by atoms with Crippen molar-refractivity contribution in [3.63, 3.8) is 0 Å². The lowest BCUT2D eigenvalue weighted by Crippen LogP contribution is -2.29. The maximum absolute atomic E-state index is 13.4. The lowest BCUT2D eigenvalue weighted by molar-refractivity contribution is 0.0998. The molecule has 0 atom stereocenters. The molecule has 0 spiro atoms. The van der Waals surface area contributed by atoms with E-state index in [4.69, 9.17) is 4.74 Å². The molecule has 5 aromatic rings. The highest BCUT2D eigenvalue weighted by Crippen LogP contribution is 2.29. The molecule has 0 unspecified atom stereocenters. The fraction of sp³-hybridized carbons (Fsp3) is 0.103. The van der Waals surface area contributed by atoms with Crippen molar-refractivity contribution >= 4 is 26.7 Å². The maximum atomic E-state index is 13.4. The number of hydrogen-bond acceptors (Lipinski definition) is 5. The molecular formula is C29H25N3O4S. The number of hydrogen-bond donors (Lipinski definition) is 1. The van der Waals surface area contributed by atoms with Crippen LogP contribution in [0, 0.1) is 0 Å². The van der Waals surface area contributed by atoms with Gasteiger partial charge in [0.1, 0.15) is 5.75 Å². The number of benzene rings is 4. The van der Waals surface area contributed by atoms with Crippen LogP contribution >= 0.6 is 0 Å². The van der Waals surface area contributed by atoms with Gasteiger partial charge in [-0.2, -0.15) is 5.10 Å². The molecule has 5 rings (SSSR count). The Labute approximate surface area is 215 Å². The average Bonchev–Trinajstić information content (AvgIpc) is 3.35. The molecule has 37 heavy (non-hydrogen) atoms. The molecule has 0 saturated heterocycles. The molecule has 8 heteroatoms. The Kier molecular flexibility index (Phi) is 6.85. The Hall–Kier alpha value is -4.27. The second-order valence-electron chi connectivity index (χ2n) is 8.53. The highest BCUT2D eigenvalue weighted by atomic mass is 32.2. The van der Waals surface area contributed by atoms with Gasteiger partial charge in [0, 0.05) is 10.9 Å². The lowest BCUT2D eigenvalue weighted by atomic mass is 9.98. The summed E-state index contributed by atoms with van der Waals surface area (Å²) in [7, 11) is -2.20. The number of carbonyl (C=O) groups is 1. The van der Waals surface area contributed by atoms with E-state index in [1.165, 1.54) is 12.1 Å². The summed E-state index contributed by atoms with van der Waals surface area (Å²) in [5, 5.41) is 5.23. The van der Waals surface area contributed by atoms with Crippen LogP contribution in [0.25, 0.3) is 22.0 Å². The molecule has 0 bridgehead atoms. The molecule has 1 heterocycles. The fourth-order valence-electron chi connectivity index (χ4n) is 4.17. The van der Waals surface area contributed by atoms with Gasteiger partial charge in [-0.15, -0.1) is 0 Å². The van der Waals surface area contributed by atoms with Gasteiger partial charge in [-0.1, -0.05) is 60.7 Å². The summed E-state index contributed by atoms with van der Waals surface area (Å²) in [6.07, 6.45) is 1.66. The van der Waals surface area contributed by atoms with Crippen molar-refractivity contribution in [2.45, 2.75) is 11.4 Å². The quantitative estimate of drug-likeness (QED) is 0.284. The zero-order chi connectivity index (χ0) is 25.8. The predicted molar refractivity (Wildman–Crippen MR) is 143 cm³/mol. The summed E-state index contributed by atoms with van der Waals surface area (Å²) in [6.45, 7) is 0.133. The van der Waals surface area contributed by atoms with E-state index >= 15 is 0 Å². The van der Waals surface area contributed by atoms with Crippen LogP contribution in [0.2, 0.25) is 0 Å². The van der Waals surface area contributed by atoms with Crippen LogP contribution in [0.1, 0.15) is 15.9 Å². The normalized spacial score (nSPS) is 11.5. The highest BCUT2D eigenvalue weighted by Gasteiger charge is 2.20. The van der Waals surface area contributed by atoms with Gasteiger partial charge in [0.05, 0.1) is 36.8 Å². The van der Waals surface area contributed by atoms with Crippen LogP contribution in [0.3, 0.4) is 0 Å². The molecule has 1 aromatic heterocycles. The van der Waals surface area contributed by atoms with E-state index in [0.717, 1.165) is 28.0 Å². The summed E-state index contributed by atoms with van der Waals surface area (Å²) < 4.78 is 34.9. The number of carbonyl (C=O) groups excluding carboxylic acids is 1. The number of methoxy groups -OCH3 is 1. The van der Waals surface area contributed by atoms with E-state index in [0.29, 0.717) is 17.5 Å². The smallest absolute Gasteiger partial charge is 0.240 e. The fourth-order valence-corrected chi connectivity index (χ4v) is 5.18. The number of Topliss-reactive ketones (excluding diaryl/α,β-unsaturated/α-hetero) is 1. The topological polar surface area (TPSA) is 90.3 Å². The summed E-state index contributed by atoms with van der Waals surface area (Å²) in [4.78, 5) is 13.5. The monoisotopic (exact) mass is 511 g/mol. The van der Waals surface area contributed by atoms with Gasteiger partial charge in [-0.3, -0.25) is 9.48 Å². The van der Waals surface area contributed by atoms with Gasteiger partial charge in [0.25, 0.3) is 0 Å². The molecule has 0 saturated carbocycles. The van der Waals surface area contributed by atoms with E-state index in [-0.39, 0.29) is 17.2 Å². The van der Waals surface area contributed by atoms with Crippen molar-refractivity contribution in [2.75, 3.05) is 13.7 Å². The van der Waals surface area contributed by atoms with E-state index in [9.17, 15) is 13.2 Å². The first kappa shape index (κ1) is 24.4. The summed E-state index contributed by atoms with van der Waals surface area (Å²) in [5.74, 6) is 0.428. The van der Waals surface area contributed by atoms with Gasteiger partial charge < -0.3 is 4.74 Å². The molecular weight excluding hydrogens is 486 g/mol. The summed E-state index contributed by atoms with van der Waals surface area (Å²) >= 11 is 0. The Morgan fingerprint density at radius 2 is 1.57 bits per heavy atom. The molecule has 186 valence electrons. The van der Waals surface area contributed by atoms with Gasteiger partial charge in [0.15, 0.2) is 5.78 Å². The standard InChI is InChI=1S/C29H25N3O4S/c1-36-24-14-12-21(13-15-24)20-32-28-17-23(22-8-4-2-5-9-22)16-26(27(28)18-30-32)29(33)19-31-37(34,35)25-10-6-3-7-11-25/h2-18,31H,19-20H2,1H3. The van der Waals surface area contributed by atoms with E-state index in [2.05, 4.69) is 9.82 Å². The molecule has 7 nitrogen and oxygen atoms in total. The molecule has 0 aliphatic heterocycles. The minimum absolute atomic E-state index is 0.110. The number of nitrogens with one attached hydrogen (secondary N) is 1. The van der Waals surface area contributed by atoms with Crippen LogP contribution in [-0.4, -0.2) is 37.6 Å². The highest BCUT2D eigenvalue weighted by molar-refractivity contribution is 7.89. The SMILES string of the molecule is COc1ccc(Cn2ncc3c(C(=O)CNS(=O)(=O)c4ccccc4)cc(-c4ccccc4)cc32)cc1. The number of ether oxygens (including phenoxy) is 1. The van der Waals surface area contributed by atoms with E-state index in [1.807, 2.05) is 65.3 Å². The maximum Gasteiger partial charge on any atom is 0.240 e. The third-order valence-electron chi connectivity index (χ3n) is 6.14. The van der Waals surface area contributed by atoms with Gasteiger partial charge in [-0.05, 0) is 53.1 Å². The Balaban J connectivity index is 1.51. The molecule has 4 aromatic carbocycles. The summed E-state index contributed by atoms with van der Waals surface area (Å²) in [6, 6.07) is 29.3. The Morgan fingerprint density at radius 1 is 0.892 bits per heavy atom. The van der Waals surface area contributed by atoms with Crippen LogP contribution in [-0.2, 0) is 16.6 Å². The zero-order valence-electron chi connectivity index (χ0n) is 20.2. The van der Waals surface area contributed by atoms with Gasteiger partial charge in [0.2, 0.25) is 10.0 Å². The average molecular weight is 512 g/mol. The lowest BCUT2D eigenvalue weighted by Gasteiger charge is -2.11. The number of nitrogens with zero attached hydrogens (tertiary/aromatic N) is 2. The van der Waals surface area contributed by atoms with Crippen molar-refractivity contribution in [3.8, 4) is 16.9 Å². The van der Waals surface area contributed by atoms with Crippen LogP contribution < -0.4 is 9.46 Å². The molecule has 1 N–H and O–H groups in total. The van der Waals surface area contributed by atoms with Gasteiger partial charge in [-0.25, -0.2) is 13.1 Å². The number of fused-ring (bicyclic) bond motifs is 1. The third-order valence-corrected chi connectivity index (χ3v) is 7.55. The number of rotatable bonds is 9. The van der Waals surface area contributed by atoms with Crippen molar-refractivity contribution in [1.82, 2.24) is 14.5 Å². The largest absolute Gasteiger partial charge is 0.497 e. The minimum Gasteiger partial charge on any atom is -0.497 e. The van der Waals surface area contributed by atoms with Crippen molar-refractivity contribution in [3.05, 3.63) is 114 Å². The van der Waals surface area contributed by atoms with Crippen LogP contribution in [0.4, 0.5) is 0 Å². The molecule has 0 aliphatic rings. The first-order valence-corrected chi connectivity index (χ1v) is 13.2. The van der Waals surface area contributed by atoms with Crippen LogP contribution in [0.15, 0.2) is 108 Å². The Morgan fingerprint density at radius 3 is 2.24 bits per heavy atom. The molecule has 0 fully saturated rings. The number of aromatic nitrogens is 2. The second kappa shape index (κ2) is 10.4. The molecule has 0 radical (unpaired) electrons. The minimum atomic E-state index is -3.82. The first-order valence-electron chi connectivity index (χ1n) is 11.7. The summed E-state index contributed by atoms with van der Waals surface area (Å²) in [5.41, 5.74) is 4.01. The zero-order valence-corrected chi connectivity index (χ0v) is 21.0. The first-order chi connectivity index (χ1) is 17.9. The van der Waals surface area contributed by atoms with Crippen molar-refractivity contribution < 1.29 is 17.9 Å². The van der Waals surface area contributed by atoms with Gasteiger partial charge >= 0.3 is 0 Å². The van der Waals surface area contributed by atoms with E-state index in [1.54, 1.807) is 37.6 Å². The number of ketones is 1. The second-order valence-corrected chi connectivity index (χ2v) is 10.3. The predicted octanol–water partition coefficient (Wildman–Crippen LogP) is 4.92. The van der Waals surface area contributed by atoms with Crippen LogP contribution in [0.5, 0.6) is 5.75 Å². The Bertz CT molecular complexity index is 1650. The van der Waals surface area contributed by atoms with Crippen molar-refractivity contribution in [2.24, 2.45) is 0 Å². The number of sulfonamides is 1. The molecule has 0 amide bonds. The van der Waals surface area contributed by atoms with Crippen molar-refractivity contribution in [1.29, 1.82) is 0 Å².